The van der Waals surface area contributed by atoms with Crippen LogP contribution in [0.3, 0.4) is 0 Å². The summed E-state index contributed by atoms with van der Waals surface area (Å²) in [6, 6.07) is 16.5. The molecule has 0 unspecified atom stereocenters. The predicted molar refractivity (Wildman–Crippen MR) is 217 cm³/mol. The number of aryl methyl sites for hydroxylation is 1. The van der Waals surface area contributed by atoms with Crippen LogP contribution >= 0.6 is 0 Å². The van der Waals surface area contributed by atoms with E-state index in [2.05, 4.69) is 34.6 Å². The highest BCUT2D eigenvalue weighted by Gasteiger charge is 2.42. The van der Waals surface area contributed by atoms with Gasteiger partial charge in [-0.15, -0.1) is 0 Å². The highest BCUT2D eigenvalue weighted by molar-refractivity contribution is 5.85. The van der Waals surface area contributed by atoms with Crippen LogP contribution in [0.25, 0.3) is 17.2 Å². The third-order valence-corrected chi connectivity index (χ3v) is 12.9. The number of phenolic OH excluding ortho intramolecular Hbond substituents is 2. The van der Waals surface area contributed by atoms with Gasteiger partial charge >= 0.3 is 0 Å². The number of ether oxygens (including phenoxy) is 4. The second-order valence-corrected chi connectivity index (χ2v) is 16.4. The molecule has 0 amide bonds. The maximum absolute atomic E-state index is 11.1. The van der Waals surface area contributed by atoms with Crippen LogP contribution in [0.5, 0.6) is 28.7 Å². The number of hydrogen-bond donors (Lipinski definition) is 5. The Hall–Kier alpha value is -4.61. The van der Waals surface area contributed by atoms with Gasteiger partial charge in [-0.1, -0.05) is 37.5 Å². The van der Waals surface area contributed by atoms with Crippen molar-refractivity contribution in [1.82, 2.24) is 5.32 Å². The molecule has 3 aliphatic heterocycles. The predicted octanol–water partition coefficient (Wildman–Crippen LogP) is 5.62. The number of nitrogens with one attached hydrogen (secondary N) is 1. The van der Waals surface area contributed by atoms with Crippen molar-refractivity contribution in [1.29, 1.82) is 0 Å². The van der Waals surface area contributed by atoms with Gasteiger partial charge in [-0.25, -0.2) is 0 Å². The summed E-state index contributed by atoms with van der Waals surface area (Å²) in [5, 5.41) is 47.9. The molecule has 4 aromatic rings. The largest absolute Gasteiger partial charge is 0.508 e. The fraction of sp³-hybridized carbons (Fsp3) is 0.468. The number of methoxy groups -OCH3 is 1. The van der Waals surface area contributed by atoms with Gasteiger partial charge in [0.15, 0.2) is 17.6 Å². The average molecular weight is 775 g/mol. The second-order valence-electron chi connectivity index (χ2n) is 16.4. The Kier molecular flexibility index (Phi) is 10.9. The SMILES string of the molecule is COc1cc([C@H]2Oc3c(c4c(c5c3CC[C@H](CO)O5)-c3ccc(O)cc3[C@@H](Cc3ccc5c(c3)=CCN=5)C4)C[C@H]2OCNC2CCCCC2)cc(CCCO)c1O. The number of aliphatic hydroxyl groups is 2. The molecule has 1 saturated carbocycles. The summed E-state index contributed by atoms with van der Waals surface area (Å²) in [7, 11) is 1.55. The molecule has 0 bridgehead atoms. The van der Waals surface area contributed by atoms with Gasteiger partial charge in [0.2, 0.25) is 0 Å². The molecule has 57 heavy (non-hydrogen) atoms. The summed E-state index contributed by atoms with van der Waals surface area (Å²) in [6.07, 6.45) is 11.3. The number of phenols is 2. The van der Waals surface area contributed by atoms with E-state index in [1.165, 1.54) is 30.0 Å². The minimum Gasteiger partial charge on any atom is -0.508 e. The Morgan fingerprint density at radius 3 is 2.60 bits per heavy atom. The van der Waals surface area contributed by atoms with Crippen LogP contribution in [-0.2, 0) is 36.8 Å². The number of hydrogen-bond acceptors (Lipinski definition) is 10. The van der Waals surface area contributed by atoms with E-state index in [-0.39, 0.29) is 42.8 Å². The van der Waals surface area contributed by atoms with Crippen molar-refractivity contribution in [3.05, 3.63) is 98.1 Å². The van der Waals surface area contributed by atoms with Gasteiger partial charge in [0.05, 0.1) is 32.3 Å². The first-order chi connectivity index (χ1) is 27.9. The Morgan fingerprint density at radius 1 is 0.895 bits per heavy atom. The maximum Gasteiger partial charge on any atom is 0.161 e. The molecule has 1 fully saturated rings. The molecule has 10 heteroatoms. The third-order valence-electron chi connectivity index (χ3n) is 12.9. The number of benzene rings is 4. The van der Waals surface area contributed by atoms with Gasteiger partial charge in [-0.2, -0.15) is 0 Å². The molecule has 3 heterocycles. The van der Waals surface area contributed by atoms with Crippen LogP contribution in [-0.4, -0.2) is 72.3 Å². The molecular weight excluding hydrogens is 721 g/mol. The van der Waals surface area contributed by atoms with Gasteiger partial charge in [-0.3, -0.25) is 10.3 Å². The first-order valence-corrected chi connectivity index (χ1v) is 20.9. The molecule has 300 valence electrons. The van der Waals surface area contributed by atoms with Crippen LogP contribution in [0.1, 0.15) is 95.9 Å². The van der Waals surface area contributed by atoms with E-state index in [1.807, 2.05) is 24.3 Å². The molecule has 2 aliphatic carbocycles. The molecule has 5 N–H and O–H groups in total. The van der Waals surface area contributed by atoms with Gasteiger partial charge in [0.1, 0.15) is 29.5 Å². The maximum atomic E-state index is 11.1. The summed E-state index contributed by atoms with van der Waals surface area (Å²) in [6.45, 7) is 1.02. The summed E-state index contributed by atoms with van der Waals surface area (Å²) in [4.78, 5) is 4.60. The average Bonchev–Trinajstić information content (AvgIpc) is 3.71. The van der Waals surface area contributed by atoms with Crippen LogP contribution in [0, 0.1) is 0 Å². The Morgan fingerprint density at radius 2 is 1.77 bits per heavy atom. The number of fused-ring (bicyclic) bond motifs is 9. The molecule has 4 atom stereocenters. The standard InChI is InChI=1S/C47H54N2O8/c1-54-41-22-31(20-29(44(41)53)6-5-17-50)45-42(55-26-49-32-7-3-2-4-8-32)24-39-38-21-30(19-27-9-14-40-28(18-27)15-16-48-40)37-23-33(52)10-12-35(37)43(38)47-36(46(39)57-45)13-11-34(25-51)56-47/h9-10,12,14-15,18,20,22-23,30,32,34,42,45,49-53H,2-8,11,13,16-17,19,21,24-26H2,1H3/t30-,34+,42+,45+/m0/s1. The zero-order valence-electron chi connectivity index (χ0n) is 32.8. The van der Waals surface area contributed by atoms with Gasteiger partial charge < -0.3 is 39.4 Å². The highest BCUT2D eigenvalue weighted by atomic mass is 16.6. The molecule has 0 aromatic heterocycles. The minimum atomic E-state index is -0.526. The molecular formula is C47H54N2O8. The van der Waals surface area contributed by atoms with Crippen LogP contribution in [0.2, 0.25) is 0 Å². The lowest BCUT2D eigenvalue weighted by atomic mass is 9.72. The quantitative estimate of drug-likeness (QED) is 0.116. The Labute approximate surface area is 333 Å². The fourth-order valence-corrected chi connectivity index (χ4v) is 9.95. The summed E-state index contributed by atoms with van der Waals surface area (Å²) >= 11 is 0. The normalized spacial score (nSPS) is 22.1. The van der Waals surface area contributed by atoms with Crippen molar-refractivity contribution < 1.29 is 39.4 Å². The van der Waals surface area contributed by atoms with Gasteiger partial charge in [0, 0.05) is 35.8 Å². The topological polar surface area (TPSA) is 142 Å². The zero-order chi connectivity index (χ0) is 39.0. The molecule has 0 saturated heterocycles. The number of aliphatic hydroxyl groups excluding tert-OH is 2. The van der Waals surface area contributed by atoms with Crippen LogP contribution in [0.4, 0.5) is 0 Å². The smallest absolute Gasteiger partial charge is 0.161 e. The second kappa shape index (κ2) is 16.3. The lowest BCUT2D eigenvalue weighted by Gasteiger charge is -2.41. The number of aromatic hydroxyl groups is 2. The molecule has 4 aromatic carbocycles. The van der Waals surface area contributed by atoms with Crippen LogP contribution < -0.4 is 30.1 Å². The summed E-state index contributed by atoms with van der Waals surface area (Å²) < 4.78 is 26.6. The first kappa shape index (κ1) is 37.9. The molecule has 10 nitrogen and oxygen atoms in total. The van der Waals surface area contributed by atoms with E-state index < -0.39 is 6.10 Å². The first-order valence-electron chi connectivity index (χ1n) is 20.9. The lowest BCUT2D eigenvalue weighted by Crippen LogP contribution is -2.40. The highest BCUT2D eigenvalue weighted by Crippen LogP contribution is 2.56. The van der Waals surface area contributed by atoms with Crippen molar-refractivity contribution in [2.45, 2.75) is 107 Å². The summed E-state index contributed by atoms with van der Waals surface area (Å²) in [5.74, 6) is 2.29. The fourth-order valence-electron chi connectivity index (χ4n) is 9.95. The van der Waals surface area contributed by atoms with Crippen molar-refractivity contribution in [2.75, 3.05) is 33.6 Å². The molecule has 9 rings (SSSR count). The number of rotatable bonds is 12. The minimum absolute atomic E-state index is 0.00834. The molecule has 0 radical (unpaired) electrons. The zero-order valence-corrected chi connectivity index (χ0v) is 32.8. The Bertz CT molecular complexity index is 2270. The van der Waals surface area contributed by atoms with E-state index >= 15 is 0 Å². The van der Waals surface area contributed by atoms with Gasteiger partial charge in [0.25, 0.3) is 0 Å². The van der Waals surface area contributed by atoms with E-state index in [4.69, 9.17) is 18.9 Å². The van der Waals surface area contributed by atoms with Crippen molar-refractivity contribution in [2.24, 2.45) is 4.99 Å². The van der Waals surface area contributed by atoms with Gasteiger partial charge in [-0.05, 0) is 132 Å². The van der Waals surface area contributed by atoms with E-state index in [0.29, 0.717) is 69.2 Å². The van der Waals surface area contributed by atoms with E-state index in [0.717, 1.165) is 75.1 Å². The monoisotopic (exact) mass is 774 g/mol. The van der Waals surface area contributed by atoms with Crippen LogP contribution in [0.15, 0.2) is 53.5 Å². The summed E-state index contributed by atoms with van der Waals surface area (Å²) in [5.41, 5.74) is 9.14. The lowest BCUT2D eigenvalue weighted by molar-refractivity contribution is -0.0486. The van der Waals surface area contributed by atoms with Crippen molar-refractivity contribution in [3.63, 3.8) is 0 Å². The number of nitrogens with zero attached hydrogens (tertiary/aromatic N) is 1. The van der Waals surface area contributed by atoms with E-state index in [1.54, 1.807) is 13.2 Å². The molecule has 5 aliphatic rings. The van der Waals surface area contributed by atoms with E-state index in [9.17, 15) is 20.4 Å². The third kappa shape index (κ3) is 7.37. The Balaban J connectivity index is 1.17. The van der Waals surface area contributed by atoms with Crippen molar-refractivity contribution in [3.8, 4) is 39.9 Å². The molecule has 0 spiro atoms. The van der Waals surface area contributed by atoms with Crippen molar-refractivity contribution >= 4 is 6.08 Å².